The smallest absolute Gasteiger partial charge is 0.344 e. The second-order valence-corrected chi connectivity index (χ2v) is 3.88. The number of aliphatic hydroxyl groups excluding tert-OH is 1. The Labute approximate surface area is 105 Å². The predicted molar refractivity (Wildman–Crippen MR) is 66.5 cm³/mol. The van der Waals surface area contributed by atoms with Crippen LogP contribution in [0.5, 0.6) is 0 Å². The molecule has 2 rings (SSSR count). The molecule has 0 spiro atoms. The maximum atomic E-state index is 11.5. The van der Waals surface area contributed by atoms with E-state index >= 15 is 0 Å². The van der Waals surface area contributed by atoms with Gasteiger partial charge in [-0.05, 0) is 24.6 Å². The number of ether oxygens (including phenoxy) is 1. The first kappa shape index (κ1) is 12.3. The average molecular weight is 246 g/mol. The van der Waals surface area contributed by atoms with Crippen LogP contribution in [0.4, 0.5) is 0 Å². The van der Waals surface area contributed by atoms with Crippen molar-refractivity contribution in [2.45, 2.75) is 19.4 Å². The van der Waals surface area contributed by atoms with Gasteiger partial charge in [-0.25, -0.2) is 4.79 Å². The van der Waals surface area contributed by atoms with E-state index in [-0.39, 0.29) is 11.3 Å². The van der Waals surface area contributed by atoms with Crippen LogP contribution in [-0.4, -0.2) is 34.9 Å². The Morgan fingerprint density at radius 2 is 2.22 bits per heavy atom. The van der Waals surface area contributed by atoms with Gasteiger partial charge in [0.05, 0.1) is 0 Å². The molecule has 1 aliphatic rings. The molecule has 0 aromatic carbocycles. The molecular weight excluding hydrogens is 232 g/mol. The summed E-state index contributed by atoms with van der Waals surface area (Å²) in [5.74, 6) is -0.572. The van der Waals surface area contributed by atoms with Crippen LogP contribution in [0.25, 0.3) is 0 Å². The lowest BCUT2D eigenvalue weighted by molar-refractivity contribution is -0.139. The van der Waals surface area contributed by atoms with Gasteiger partial charge in [0.1, 0.15) is 11.3 Å². The fourth-order valence-corrected chi connectivity index (χ4v) is 1.70. The number of cyclic esters (lactones) is 1. The van der Waals surface area contributed by atoms with E-state index in [1.54, 1.807) is 12.4 Å². The van der Waals surface area contributed by atoms with Crippen molar-refractivity contribution in [1.29, 1.82) is 0 Å². The molecule has 1 unspecified atom stereocenters. The molecule has 0 radical (unpaired) electrons. The van der Waals surface area contributed by atoms with Gasteiger partial charge in [-0.1, -0.05) is 0 Å². The number of nitrogens with zero attached hydrogens (tertiary/aromatic N) is 2. The summed E-state index contributed by atoms with van der Waals surface area (Å²) in [4.78, 5) is 19.4. The fraction of sp³-hybridized carbons (Fsp3) is 0.308. The Bertz CT molecular complexity index is 494. The lowest BCUT2D eigenvalue weighted by Crippen LogP contribution is -2.14. The van der Waals surface area contributed by atoms with Crippen molar-refractivity contribution in [2.75, 3.05) is 6.54 Å². The second-order valence-electron chi connectivity index (χ2n) is 3.88. The number of rotatable bonds is 4. The van der Waals surface area contributed by atoms with Gasteiger partial charge in [0.25, 0.3) is 0 Å². The number of pyridine rings is 1. The Balaban J connectivity index is 2.15. The summed E-state index contributed by atoms with van der Waals surface area (Å²) in [5.41, 5.74) is 1.10. The molecule has 0 amide bonds. The monoisotopic (exact) mass is 246 g/mol. The van der Waals surface area contributed by atoms with Crippen LogP contribution in [0.2, 0.25) is 0 Å². The molecule has 5 nitrogen and oxygen atoms in total. The summed E-state index contributed by atoms with van der Waals surface area (Å²) in [6.07, 6.45) is 4.49. The van der Waals surface area contributed by atoms with Crippen molar-refractivity contribution in [2.24, 2.45) is 4.99 Å². The van der Waals surface area contributed by atoms with Crippen molar-refractivity contribution in [3.05, 3.63) is 41.4 Å². The fourth-order valence-electron chi connectivity index (χ4n) is 1.70. The third kappa shape index (κ3) is 2.56. The van der Waals surface area contributed by atoms with Gasteiger partial charge in [-0.3, -0.25) is 9.98 Å². The first-order chi connectivity index (χ1) is 8.72. The van der Waals surface area contributed by atoms with Crippen LogP contribution < -0.4 is 0 Å². The zero-order valence-corrected chi connectivity index (χ0v) is 10.0. The van der Waals surface area contributed by atoms with Crippen LogP contribution in [0.3, 0.4) is 0 Å². The maximum absolute atomic E-state index is 11.5. The first-order valence-electron chi connectivity index (χ1n) is 5.75. The zero-order chi connectivity index (χ0) is 13.0. The molecule has 0 bridgehead atoms. The number of hydrogen-bond acceptors (Lipinski definition) is 5. The van der Waals surface area contributed by atoms with Gasteiger partial charge in [0.2, 0.25) is 0 Å². The highest BCUT2D eigenvalue weighted by atomic mass is 16.6. The van der Waals surface area contributed by atoms with Crippen LogP contribution in [0.15, 0.2) is 40.9 Å². The molecule has 1 aliphatic heterocycles. The van der Waals surface area contributed by atoms with Gasteiger partial charge in [0, 0.05) is 31.6 Å². The van der Waals surface area contributed by atoms with Crippen molar-refractivity contribution in [1.82, 2.24) is 4.98 Å². The summed E-state index contributed by atoms with van der Waals surface area (Å²) >= 11 is 0. The van der Waals surface area contributed by atoms with Crippen molar-refractivity contribution in [3.8, 4) is 0 Å². The number of aliphatic hydroxyl groups is 1. The third-order valence-electron chi connectivity index (χ3n) is 2.62. The SMILES string of the molecule is CCN=CC1=C(O)C(Cc2ccncc2)OC1=O. The number of carbonyl (C=O) groups excluding carboxylic acids is 1. The molecule has 18 heavy (non-hydrogen) atoms. The summed E-state index contributed by atoms with van der Waals surface area (Å²) in [6, 6.07) is 3.64. The molecule has 0 fully saturated rings. The topological polar surface area (TPSA) is 71.8 Å². The van der Waals surface area contributed by atoms with Gasteiger partial charge in [-0.2, -0.15) is 0 Å². The minimum atomic E-state index is -0.627. The zero-order valence-electron chi connectivity index (χ0n) is 10.0. The molecule has 1 N–H and O–H groups in total. The molecule has 5 heteroatoms. The van der Waals surface area contributed by atoms with Gasteiger partial charge < -0.3 is 9.84 Å². The summed E-state index contributed by atoms with van der Waals surface area (Å²) in [7, 11) is 0. The van der Waals surface area contributed by atoms with E-state index in [1.165, 1.54) is 6.21 Å². The minimum Gasteiger partial charge on any atom is -0.507 e. The second kappa shape index (κ2) is 5.44. The summed E-state index contributed by atoms with van der Waals surface area (Å²) < 4.78 is 5.11. The molecule has 2 heterocycles. The highest BCUT2D eigenvalue weighted by Gasteiger charge is 2.33. The molecule has 1 aromatic rings. The number of hydrogen-bond donors (Lipinski definition) is 1. The van der Waals surface area contributed by atoms with E-state index in [2.05, 4.69) is 9.98 Å². The van der Waals surface area contributed by atoms with Crippen LogP contribution in [0, 0.1) is 0 Å². The molecule has 1 atom stereocenters. The van der Waals surface area contributed by atoms with Gasteiger partial charge in [0.15, 0.2) is 6.10 Å². The largest absolute Gasteiger partial charge is 0.507 e. The lowest BCUT2D eigenvalue weighted by Gasteiger charge is -2.09. The number of esters is 1. The average Bonchev–Trinajstić information content (AvgIpc) is 2.64. The quantitative estimate of drug-likeness (QED) is 0.644. The van der Waals surface area contributed by atoms with E-state index in [4.69, 9.17) is 4.74 Å². The normalized spacial score (nSPS) is 19.6. The summed E-state index contributed by atoms with van der Waals surface area (Å²) in [5, 5.41) is 9.93. The van der Waals surface area contributed by atoms with Crippen LogP contribution >= 0.6 is 0 Å². The molecule has 0 saturated carbocycles. The number of aromatic nitrogens is 1. The number of aliphatic imine (C=N–C) groups is 1. The molecule has 1 aromatic heterocycles. The molecule has 94 valence electrons. The van der Waals surface area contributed by atoms with E-state index in [0.717, 1.165) is 5.56 Å². The van der Waals surface area contributed by atoms with Gasteiger partial charge in [-0.15, -0.1) is 0 Å². The first-order valence-corrected chi connectivity index (χ1v) is 5.75. The Morgan fingerprint density at radius 1 is 1.50 bits per heavy atom. The van der Waals surface area contributed by atoms with Gasteiger partial charge >= 0.3 is 5.97 Å². The third-order valence-corrected chi connectivity index (χ3v) is 2.62. The van der Waals surface area contributed by atoms with Crippen molar-refractivity contribution in [3.63, 3.8) is 0 Å². The van der Waals surface area contributed by atoms with E-state index < -0.39 is 12.1 Å². The molecule has 0 aliphatic carbocycles. The maximum Gasteiger partial charge on any atom is 0.344 e. The number of carbonyl (C=O) groups is 1. The minimum absolute atomic E-state index is 0.0472. The standard InChI is InChI=1S/C13H14N2O3/c1-2-14-8-10-12(16)11(18-13(10)17)7-9-3-5-15-6-4-9/h3-6,8,11,16H,2,7H2,1H3. The Hall–Kier alpha value is -2.17. The van der Waals surface area contributed by atoms with Crippen LogP contribution in [0.1, 0.15) is 12.5 Å². The van der Waals surface area contributed by atoms with E-state index in [0.29, 0.717) is 13.0 Å². The highest BCUT2D eigenvalue weighted by Crippen LogP contribution is 2.22. The Kier molecular flexibility index (Phi) is 3.72. The van der Waals surface area contributed by atoms with E-state index in [9.17, 15) is 9.90 Å². The predicted octanol–water partition coefficient (Wildman–Crippen LogP) is 1.45. The van der Waals surface area contributed by atoms with Crippen LogP contribution in [-0.2, 0) is 16.0 Å². The van der Waals surface area contributed by atoms with E-state index in [1.807, 2.05) is 19.1 Å². The highest BCUT2D eigenvalue weighted by molar-refractivity contribution is 6.11. The summed E-state index contributed by atoms with van der Waals surface area (Å²) in [6.45, 7) is 2.40. The van der Waals surface area contributed by atoms with Crippen molar-refractivity contribution < 1.29 is 14.6 Å². The van der Waals surface area contributed by atoms with Crippen molar-refractivity contribution >= 4 is 12.2 Å². The molecular formula is C13H14N2O3. The Morgan fingerprint density at radius 3 is 2.89 bits per heavy atom. The lowest BCUT2D eigenvalue weighted by atomic mass is 10.1. The molecule has 0 saturated heterocycles.